The number of ether oxygens (including phenoxy) is 6. The Labute approximate surface area is 187 Å². The summed E-state index contributed by atoms with van der Waals surface area (Å²) >= 11 is 1.61. The summed E-state index contributed by atoms with van der Waals surface area (Å²) in [5.41, 5.74) is 9.05. The summed E-state index contributed by atoms with van der Waals surface area (Å²) in [6.07, 6.45) is 3.58. The molecule has 0 bridgehead atoms. The lowest BCUT2D eigenvalue weighted by atomic mass is 10.4. The maximum absolute atomic E-state index is 8.10. The van der Waals surface area contributed by atoms with E-state index < -0.39 is 0 Å². The number of hydrogen-bond acceptors (Lipinski definition) is 10. The summed E-state index contributed by atoms with van der Waals surface area (Å²) in [5, 5.41) is 4.15. The van der Waals surface area contributed by atoms with E-state index in [2.05, 4.69) is 26.9 Å². The van der Waals surface area contributed by atoms with Crippen molar-refractivity contribution < 1.29 is 28.4 Å². The van der Waals surface area contributed by atoms with Gasteiger partial charge >= 0.3 is 0 Å². The second-order valence-electron chi connectivity index (χ2n) is 5.88. The van der Waals surface area contributed by atoms with Crippen molar-refractivity contribution in [1.29, 1.82) is 0 Å². The van der Waals surface area contributed by atoms with Crippen LogP contribution in [0.4, 0.5) is 0 Å². The molecule has 1 rings (SSSR count). The molecular weight excluding hydrogens is 426 g/mol. The Kier molecular flexibility index (Phi) is 19.3. The van der Waals surface area contributed by atoms with Crippen LogP contribution in [0.25, 0.3) is 10.4 Å². The van der Waals surface area contributed by atoms with Crippen molar-refractivity contribution >= 4 is 11.8 Å². The molecule has 0 fully saturated rings. The van der Waals surface area contributed by atoms with Gasteiger partial charge in [-0.25, -0.2) is 9.97 Å². The van der Waals surface area contributed by atoms with Gasteiger partial charge in [0.2, 0.25) is 0 Å². The van der Waals surface area contributed by atoms with E-state index in [4.69, 9.17) is 34.0 Å². The zero-order valence-corrected chi connectivity index (χ0v) is 19.0. The van der Waals surface area contributed by atoms with E-state index in [-0.39, 0.29) is 0 Å². The Morgan fingerprint density at radius 3 is 1.68 bits per heavy atom. The normalized spacial score (nSPS) is 10.9. The third-order valence-electron chi connectivity index (χ3n) is 3.48. The maximum Gasteiger partial charge on any atom is 0.187 e. The van der Waals surface area contributed by atoms with Gasteiger partial charge in [0.25, 0.3) is 0 Å². The predicted molar refractivity (Wildman–Crippen MR) is 116 cm³/mol. The molecule has 0 aliphatic heterocycles. The molecule has 1 aromatic rings. The zero-order chi connectivity index (χ0) is 22.2. The molecule has 0 saturated carbocycles. The van der Waals surface area contributed by atoms with E-state index in [1.807, 2.05) is 0 Å². The third-order valence-corrected chi connectivity index (χ3v) is 4.24. The van der Waals surface area contributed by atoms with Crippen molar-refractivity contribution in [2.45, 2.75) is 18.7 Å². The Balaban J connectivity index is 1.74. The smallest absolute Gasteiger partial charge is 0.187 e. The largest absolute Gasteiger partial charge is 0.379 e. The van der Waals surface area contributed by atoms with Gasteiger partial charge in [-0.15, -0.1) is 0 Å². The van der Waals surface area contributed by atoms with Crippen LogP contribution in [0, 0.1) is 0 Å². The van der Waals surface area contributed by atoms with Gasteiger partial charge in [0, 0.05) is 29.4 Å². The van der Waals surface area contributed by atoms with Crippen LogP contribution in [0.2, 0.25) is 0 Å². The Morgan fingerprint density at radius 1 is 0.774 bits per heavy atom. The monoisotopic (exact) mass is 459 g/mol. The molecule has 0 radical (unpaired) electrons. The zero-order valence-electron chi connectivity index (χ0n) is 18.1. The summed E-state index contributed by atoms with van der Waals surface area (Å²) in [4.78, 5) is 11.2. The molecule has 12 heteroatoms. The van der Waals surface area contributed by atoms with Gasteiger partial charge in [-0.1, -0.05) is 23.8 Å². The molecule has 176 valence electrons. The molecule has 11 nitrogen and oxygen atoms in total. The number of aromatic nitrogens is 2. The highest BCUT2D eigenvalue weighted by Crippen LogP contribution is 2.11. The standard InChI is InChI=1S/C19H33N5O6S/c1-2-31-19-21-15-18(16-22-19)17-30-14-13-29-12-11-28-10-9-27-8-7-26-6-5-25-4-3-23-24-20/h15-16H,2-14,17H2,1H3. The summed E-state index contributed by atoms with van der Waals surface area (Å²) < 4.78 is 32.4. The van der Waals surface area contributed by atoms with Crippen molar-refractivity contribution in [2.75, 3.05) is 85.0 Å². The van der Waals surface area contributed by atoms with Crippen LogP contribution < -0.4 is 0 Å². The Morgan fingerprint density at radius 2 is 1.23 bits per heavy atom. The van der Waals surface area contributed by atoms with Gasteiger partial charge in [0.05, 0.1) is 79.3 Å². The molecule has 0 atom stereocenters. The fraction of sp³-hybridized carbons (Fsp3) is 0.789. The number of hydrogen-bond donors (Lipinski definition) is 0. The highest BCUT2D eigenvalue weighted by Gasteiger charge is 1.98. The van der Waals surface area contributed by atoms with Crippen LogP contribution >= 0.6 is 11.8 Å². The van der Waals surface area contributed by atoms with Gasteiger partial charge in [-0.05, 0) is 11.3 Å². The van der Waals surface area contributed by atoms with E-state index in [0.29, 0.717) is 85.8 Å². The average Bonchev–Trinajstić information content (AvgIpc) is 2.79. The topological polar surface area (TPSA) is 130 Å². The molecule has 0 aromatic carbocycles. The average molecular weight is 460 g/mol. The SMILES string of the molecule is CCSc1ncc(COCCOCCOCCOCCOCCOCCN=[N+]=[N-])cn1. The molecule has 0 unspecified atom stereocenters. The highest BCUT2D eigenvalue weighted by molar-refractivity contribution is 7.99. The molecule has 0 aliphatic rings. The van der Waals surface area contributed by atoms with Gasteiger partial charge in [-0.2, -0.15) is 0 Å². The van der Waals surface area contributed by atoms with E-state index in [9.17, 15) is 0 Å². The minimum absolute atomic E-state index is 0.335. The van der Waals surface area contributed by atoms with Crippen LogP contribution in [0.5, 0.6) is 0 Å². The molecule has 0 spiro atoms. The van der Waals surface area contributed by atoms with Gasteiger partial charge in [0.1, 0.15) is 0 Å². The quantitative estimate of drug-likeness (QED) is 0.0641. The van der Waals surface area contributed by atoms with Gasteiger partial charge in [-0.3, -0.25) is 0 Å². The first-order valence-corrected chi connectivity index (χ1v) is 11.3. The first-order chi connectivity index (χ1) is 15.4. The van der Waals surface area contributed by atoms with E-state index >= 15 is 0 Å². The first-order valence-electron chi connectivity index (χ1n) is 10.3. The number of nitrogens with zero attached hydrogens (tertiary/aromatic N) is 5. The Hall–Kier alpha value is -1.50. The van der Waals surface area contributed by atoms with Crippen LogP contribution in [-0.4, -0.2) is 94.9 Å². The highest BCUT2D eigenvalue weighted by atomic mass is 32.2. The molecule has 0 aliphatic carbocycles. The number of azide groups is 1. The molecule has 1 aromatic heterocycles. The lowest BCUT2D eigenvalue weighted by molar-refractivity contribution is -0.0174. The van der Waals surface area contributed by atoms with Crippen molar-refractivity contribution in [2.24, 2.45) is 5.11 Å². The van der Waals surface area contributed by atoms with E-state index in [1.165, 1.54) is 0 Å². The van der Waals surface area contributed by atoms with Gasteiger partial charge < -0.3 is 28.4 Å². The van der Waals surface area contributed by atoms with Crippen molar-refractivity contribution in [1.82, 2.24) is 9.97 Å². The summed E-state index contributed by atoms with van der Waals surface area (Å²) in [5.74, 6) is 0.957. The van der Waals surface area contributed by atoms with Crippen molar-refractivity contribution in [3.05, 3.63) is 28.4 Å². The van der Waals surface area contributed by atoms with E-state index in [0.717, 1.165) is 16.5 Å². The molecule has 0 amide bonds. The van der Waals surface area contributed by atoms with Crippen molar-refractivity contribution in [3.8, 4) is 0 Å². The fourth-order valence-electron chi connectivity index (χ4n) is 2.06. The van der Waals surface area contributed by atoms with Crippen LogP contribution in [0.15, 0.2) is 22.7 Å². The van der Waals surface area contributed by atoms with E-state index in [1.54, 1.807) is 24.2 Å². The molecule has 0 saturated heterocycles. The third kappa shape index (κ3) is 17.8. The summed E-state index contributed by atoms with van der Waals surface area (Å²) in [7, 11) is 0. The number of rotatable bonds is 22. The van der Waals surface area contributed by atoms with Gasteiger partial charge in [0.15, 0.2) is 5.16 Å². The van der Waals surface area contributed by atoms with Crippen LogP contribution in [0.1, 0.15) is 12.5 Å². The minimum Gasteiger partial charge on any atom is -0.379 e. The van der Waals surface area contributed by atoms with Crippen LogP contribution in [0.3, 0.4) is 0 Å². The summed E-state index contributed by atoms with van der Waals surface area (Å²) in [6, 6.07) is 0. The van der Waals surface area contributed by atoms with Crippen LogP contribution in [-0.2, 0) is 35.0 Å². The first kappa shape index (κ1) is 27.5. The second kappa shape index (κ2) is 21.7. The summed E-state index contributed by atoms with van der Waals surface area (Å²) in [6.45, 7) is 8.29. The number of thioether (sulfide) groups is 1. The Bertz CT molecular complexity index is 577. The molecular formula is C19H33N5O6S. The lowest BCUT2D eigenvalue weighted by Gasteiger charge is -2.08. The maximum atomic E-state index is 8.10. The lowest BCUT2D eigenvalue weighted by Crippen LogP contribution is -2.14. The molecule has 31 heavy (non-hydrogen) atoms. The minimum atomic E-state index is 0.335. The van der Waals surface area contributed by atoms with Crippen molar-refractivity contribution in [3.63, 3.8) is 0 Å². The fourth-order valence-corrected chi connectivity index (χ4v) is 2.57. The molecule has 0 N–H and O–H groups in total. The molecule has 1 heterocycles. The second-order valence-corrected chi connectivity index (χ2v) is 7.11. The predicted octanol–water partition coefficient (Wildman–Crippen LogP) is 2.50.